The van der Waals surface area contributed by atoms with Crippen molar-refractivity contribution in [3.05, 3.63) is 48.0 Å². The number of piperazine rings is 1. The van der Waals surface area contributed by atoms with E-state index < -0.39 is 0 Å². The summed E-state index contributed by atoms with van der Waals surface area (Å²) in [5.41, 5.74) is 2.34. The van der Waals surface area contributed by atoms with Crippen molar-refractivity contribution in [1.82, 2.24) is 4.90 Å². The molecule has 3 rings (SSSR count). The zero-order chi connectivity index (χ0) is 16.9. The maximum Gasteiger partial charge on any atom is 0.178 e. The fourth-order valence-corrected chi connectivity index (χ4v) is 3.06. The summed E-state index contributed by atoms with van der Waals surface area (Å²) in [6.07, 6.45) is 0. The van der Waals surface area contributed by atoms with Crippen LogP contribution in [-0.4, -0.2) is 45.3 Å². The molecule has 1 aliphatic heterocycles. The molecule has 1 fully saturated rings. The lowest BCUT2D eigenvalue weighted by molar-refractivity contribution is 0.249. The van der Waals surface area contributed by atoms with Gasteiger partial charge in [-0.2, -0.15) is 0 Å². The fourth-order valence-electron chi connectivity index (χ4n) is 3.06. The maximum atomic E-state index is 11.2. The second-order valence-electron chi connectivity index (χ2n) is 5.95. The van der Waals surface area contributed by atoms with Gasteiger partial charge in [0.1, 0.15) is 0 Å². The minimum atomic E-state index is 0.0610. The number of rotatable bonds is 5. The van der Waals surface area contributed by atoms with Crippen LogP contribution >= 0.6 is 0 Å². The van der Waals surface area contributed by atoms with Crippen molar-refractivity contribution < 1.29 is 14.6 Å². The fraction of sp³-hybridized carbons (Fsp3) is 0.368. The van der Waals surface area contributed by atoms with Gasteiger partial charge in [0.2, 0.25) is 0 Å². The van der Waals surface area contributed by atoms with E-state index in [1.807, 2.05) is 24.3 Å². The Kier molecular flexibility index (Phi) is 5.11. The van der Waals surface area contributed by atoms with Crippen molar-refractivity contribution in [3.63, 3.8) is 0 Å². The lowest BCUT2D eigenvalue weighted by Crippen LogP contribution is -2.45. The molecule has 1 heterocycles. The van der Waals surface area contributed by atoms with Crippen LogP contribution < -0.4 is 14.4 Å². The molecule has 1 aliphatic rings. The van der Waals surface area contributed by atoms with E-state index >= 15 is 0 Å². The number of benzene rings is 2. The molecule has 0 bridgehead atoms. The normalized spacial score (nSPS) is 15.3. The second-order valence-corrected chi connectivity index (χ2v) is 5.95. The van der Waals surface area contributed by atoms with Crippen molar-refractivity contribution in [2.24, 2.45) is 0 Å². The first-order valence-corrected chi connectivity index (χ1v) is 8.15. The molecule has 127 valence electrons. The number of hydrogen-bond donors (Lipinski definition) is 0. The smallest absolute Gasteiger partial charge is 0.178 e. The second kappa shape index (κ2) is 7.45. The Balaban J connectivity index is 1.58. The third-order valence-corrected chi connectivity index (χ3v) is 4.43. The molecule has 0 aliphatic carbocycles. The van der Waals surface area contributed by atoms with Crippen LogP contribution in [0.25, 0.3) is 0 Å². The molecule has 0 aromatic heterocycles. The Morgan fingerprint density at radius 2 is 1.54 bits per heavy atom. The Hall–Kier alpha value is -2.40. The summed E-state index contributed by atoms with van der Waals surface area (Å²) in [6.45, 7) is 4.81. The van der Waals surface area contributed by atoms with Gasteiger partial charge in [-0.1, -0.05) is 6.07 Å². The molecule has 0 saturated carbocycles. The first-order chi connectivity index (χ1) is 11.7. The van der Waals surface area contributed by atoms with E-state index in [9.17, 15) is 5.11 Å². The molecule has 0 unspecified atom stereocenters. The molecule has 2 aromatic rings. The molecule has 5 heteroatoms. The molecule has 0 atom stereocenters. The number of ether oxygens (including phenoxy) is 2. The summed E-state index contributed by atoms with van der Waals surface area (Å²) in [5, 5.41) is 11.2. The van der Waals surface area contributed by atoms with Crippen molar-refractivity contribution in [2.45, 2.75) is 6.54 Å². The first-order valence-electron chi connectivity index (χ1n) is 8.15. The van der Waals surface area contributed by atoms with Crippen LogP contribution in [0.5, 0.6) is 17.2 Å². The predicted molar refractivity (Wildman–Crippen MR) is 93.6 cm³/mol. The van der Waals surface area contributed by atoms with Crippen LogP contribution in [0.3, 0.4) is 0 Å². The summed E-state index contributed by atoms with van der Waals surface area (Å²) in [7, 11) is 3.31. The molecular weight excluding hydrogens is 304 g/mol. The van der Waals surface area contributed by atoms with Gasteiger partial charge in [0.15, 0.2) is 17.2 Å². The summed E-state index contributed by atoms with van der Waals surface area (Å²) < 4.78 is 10.7. The third kappa shape index (κ3) is 3.74. The quantitative estimate of drug-likeness (QED) is 0.846. The van der Waals surface area contributed by atoms with Crippen LogP contribution in [0.2, 0.25) is 0 Å². The van der Waals surface area contributed by atoms with Gasteiger partial charge < -0.3 is 14.4 Å². The number of anilines is 1. The summed E-state index contributed by atoms with van der Waals surface area (Å²) in [5.74, 6) is 1.59. The molecule has 24 heavy (non-hydrogen) atoms. The SMILES string of the molecule is COc1ccc(CN2CCN(c3ccc([O])cc3)CC2)cc1OC. The first kappa shape index (κ1) is 16.5. The predicted octanol–water partition coefficient (Wildman–Crippen LogP) is 3.17. The van der Waals surface area contributed by atoms with E-state index in [-0.39, 0.29) is 5.75 Å². The van der Waals surface area contributed by atoms with Crippen molar-refractivity contribution in [2.75, 3.05) is 45.3 Å². The van der Waals surface area contributed by atoms with E-state index in [1.54, 1.807) is 26.4 Å². The highest BCUT2D eigenvalue weighted by Gasteiger charge is 2.18. The molecular formula is C19H23N2O3. The van der Waals surface area contributed by atoms with Gasteiger partial charge in [-0.15, -0.1) is 0 Å². The zero-order valence-electron chi connectivity index (χ0n) is 14.2. The third-order valence-electron chi connectivity index (χ3n) is 4.43. The van der Waals surface area contributed by atoms with E-state index in [2.05, 4.69) is 15.9 Å². The molecule has 0 N–H and O–H groups in total. The molecule has 0 spiro atoms. The Labute approximate surface area is 143 Å². The number of hydrogen-bond acceptors (Lipinski definition) is 4. The van der Waals surface area contributed by atoms with Crippen LogP contribution in [0.4, 0.5) is 5.69 Å². The summed E-state index contributed by atoms with van der Waals surface area (Å²) >= 11 is 0. The highest BCUT2D eigenvalue weighted by atomic mass is 16.5. The highest BCUT2D eigenvalue weighted by Crippen LogP contribution is 2.28. The highest BCUT2D eigenvalue weighted by molar-refractivity contribution is 5.49. The average Bonchev–Trinajstić information content (AvgIpc) is 2.63. The van der Waals surface area contributed by atoms with Crippen molar-refractivity contribution in [1.29, 1.82) is 0 Å². The van der Waals surface area contributed by atoms with Crippen LogP contribution in [0.15, 0.2) is 42.5 Å². The van der Waals surface area contributed by atoms with Gasteiger partial charge in [0.25, 0.3) is 0 Å². The summed E-state index contributed by atoms with van der Waals surface area (Å²) in [6, 6.07) is 13.2. The van der Waals surface area contributed by atoms with Crippen LogP contribution in [0.1, 0.15) is 5.56 Å². The van der Waals surface area contributed by atoms with Gasteiger partial charge in [0, 0.05) is 38.4 Å². The largest absolute Gasteiger partial charge is 0.493 e. The van der Waals surface area contributed by atoms with E-state index in [1.165, 1.54) is 5.56 Å². The van der Waals surface area contributed by atoms with Gasteiger partial charge in [-0.25, -0.2) is 0 Å². The lowest BCUT2D eigenvalue weighted by atomic mass is 10.1. The topological polar surface area (TPSA) is 44.8 Å². The Morgan fingerprint density at radius 3 is 2.17 bits per heavy atom. The summed E-state index contributed by atoms with van der Waals surface area (Å²) in [4.78, 5) is 4.75. The van der Waals surface area contributed by atoms with E-state index in [4.69, 9.17) is 9.47 Å². The Bertz CT molecular complexity index is 665. The molecule has 5 nitrogen and oxygen atoms in total. The monoisotopic (exact) mass is 327 g/mol. The minimum absolute atomic E-state index is 0.0610. The zero-order valence-corrected chi connectivity index (χ0v) is 14.2. The van der Waals surface area contributed by atoms with Crippen molar-refractivity contribution in [3.8, 4) is 17.2 Å². The average molecular weight is 327 g/mol. The maximum absolute atomic E-state index is 11.2. The van der Waals surface area contributed by atoms with E-state index in [0.29, 0.717) is 0 Å². The number of methoxy groups -OCH3 is 2. The van der Waals surface area contributed by atoms with Crippen LogP contribution in [-0.2, 0) is 11.7 Å². The van der Waals surface area contributed by atoms with Gasteiger partial charge in [-0.05, 0) is 42.0 Å². The molecule has 0 amide bonds. The molecule has 1 saturated heterocycles. The van der Waals surface area contributed by atoms with Crippen LogP contribution in [0, 0.1) is 0 Å². The number of nitrogens with zero attached hydrogens (tertiary/aromatic N) is 2. The van der Waals surface area contributed by atoms with E-state index in [0.717, 1.165) is 49.9 Å². The minimum Gasteiger partial charge on any atom is -0.493 e. The lowest BCUT2D eigenvalue weighted by Gasteiger charge is -2.36. The van der Waals surface area contributed by atoms with Crippen molar-refractivity contribution >= 4 is 5.69 Å². The molecule has 1 radical (unpaired) electrons. The Morgan fingerprint density at radius 1 is 0.875 bits per heavy atom. The van der Waals surface area contributed by atoms with Gasteiger partial charge in [0.05, 0.1) is 14.2 Å². The molecule has 2 aromatic carbocycles. The van der Waals surface area contributed by atoms with Gasteiger partial charge in [-0.3, -0.25) is 10.0 Å². The van der Waals surface area contributed by atoms with Gasteiger partial charge >= 0.3 is 0 Å². The standard InChI is InChI=1S/C19H23N2O3/c1-23-18-8-3-15(13-19(18)24-2)14-20-9-11-21(12-10-20)16-4-6-17(22)7-5-16/h3-8,13H,9-12,14H2,1-2H3.